The summed E-state index contributed by atoms with van der Waals surface area (Å²) < 4.78 is 38.2. The Labute approximate surface area is 123 Å². The number of hydrogen-bond donors (Lipinski definition) is 1. The smallest absolute Gasteiger partial charge is 0.378 e. The van der Waals surface area contributed by atoms with Gasteiger partial charge in [0.2, 0.25) is 0 Å². The van der Waals surface area contributed by atoms with Gasteiger partial charge in [-0.25, -0.2) is 0 Å². The highest BCUT2D eigenvalue weighted by Gasteiger charge is 2.30. The molecule has 0 spiro atoms. The summed E-state index contributed by atoms with van der Waals surface area (Å²) in [6, 6.07) is 13.3. The highest BCUT2D eigenvalue weighted by atomic mass is 79.9. The van der Waals surface area contributed by atoms with E-state index in [-0.39, 0.29) is 6.04 Å². The second-order valence-electron chi connectivity index (χ2n) is 4.47. The van der Waals surface area contributed by atoms with Crippen molar-refractivity contribution in [1.82, 2.24) is 0 Å². The Balaban J connectivity index is 2.18. The van der Waals surface area contributed by atoms with E-state index < -0.39 is 11.7 Å². The minimum absolute atomic E-state index is 0.00392. The lowest BCUT2D eigenvalue weighted by Gasteiger charge is -2.18. The fourth-order valence-corrected chi connectivity index (χ4v) is 2.36. The number of nitrogens with one attached hydrogen (secondary N) is 1. The summed E-state index contributed by atoms with van der Waals surface area (Å²) in [7, 11) is 0. The van der Waals surface area contributed by atoms with Crippen LogP contribution in [0.25, 0.3) is 0 Å². The summed E-state index contributed by atoms with van der Waals surface area (Å²) in [4.78, 5) is 0. The maximum absolute atomic E-state index is 12.6. The number of alkyl halides is 3. The van der Waals surface area contributed by atoms with E-state index >= 15 is 0 Å². The number of rotatable bonds is 3. The maximum atomic E-state index is 12.6. The lowest BCUT2D eigenvalue weighted by atomic mass is 10.1. The monoisotopic (exact) mass is 343 g/mol. The van der Waals surface area contributed by atoms with E-state index in [9.17, 15) is 13.2 Å². The molecule has 0 radical (unpaired) electrons. The molecule has 1 nitrogen and oxygen atoms in total. The van der Waals surface area contributed by atoms with Crippen LogP contribution in [0.3, 0.4) is 0 Å². The van der Waals surface area contributed by atoms with Crippen molar-refractivity contribution in [3.8, 4) is 0 Å². The van der Waals surface area contributed by atoms with Crippen molar-refractivity contribution in [3.63, 3.8) is 0 Å². The maximum Gasteiger partial charge on any atom is 0.416 e. The van der Waals surface area contributed by atoms with Crippen LogP contribution in [0.4, 0.5) is 18.9 Å². The molecule has 5 heteroatoms. The SMILES string of the molecule is CC(Nc1ccc(C(F)(F)F)cc1Br)c1ccccc1. The quantitative estimate of drug-likeness (QED) is 0.760. The second-order valence-corrected chi connectivity index (χ2v) is 5.32. The lowest BCUT2D eigenvalue weighted by Crippen LogP contribution is -2.09. The van der Waals surface area contributed by atoms with Crippen molar-refractivity contribution in [2.45, 2.75) is 19.1 Å². The van der Waals surface area contributed by atoms with Gasteiger partial charge in [0, 0.05) is 16.2 Å². The first kappa shape index (κ1) is 14.9. The summed E-state index contributed by atoms with van der Waals surface area (Å²) in [5.74, 6) is 0. The van der Waals surface area contributed by atoms with Crippen LogP contribution in [0.5, 0.6) is 0 Å². The van der Waals surface area contributed by atoms with E-state index in [4.69, 9.17) is 0 Å². The average molecular weight is 344 g/mol. The molecule has 0 bridgehead atoms. The topological polar surface area (TPSA) is 12.0 Å². The fourth-order valence-electron chi connectivity index (χ4n) is 1.87. The third kappa shape index (κ3) is 3.54. The highest BCUT2D eigenvalue weighted by Crippen LogP contribution is 2.34. The van der Waals surface area contributed by atoms with Gasteiger partial charge in [-0.05, 0) is 46.6 Å². The van der Waals surface area contributed by atoms with Crippen molar-refractivity contribution < 1.29 is 13.2 Å². The molecule has 0 fully saturated rings. The van der Waals surface area contributed by atoms with Crippen LogP contribution in [-0.2, 0) is 6.18 Å². The van der Waals surface area contributed by atoms with Gasteiger partial charge in [-0.15, -0.1) is 0 Å². The highest BCUT2D eigenvalue weighted by molar-refractivity contribution is 9.10. The molecule has 0 saturated carbocycles. The van der Waals surface area contributed by atoms with Crippen LogP contribution in [0.1, 0.15) is 24.1 Å². The summed E-state index contributed by atoms with van der Waals surface area (Å²) >= 11 is 3.18. The molecule has 0 aliphatic heterocycles. The van der Waals surface area contributed by atoms with Crippen LogP contribution in [0.2, 0.25) is 0 Å². The Bertz CT molecular complexity index is 581. The Hall–Kier alpha value is -1.49. The summed E-state index contributed by atoms with van der Waals surface area (Å²) in [5, 5.41) is 3.19. The molecular formula is C15H13BrF3N. The molecule has 0 aliphatic carbocycles. The largest absolute Gasteiger partial charge is 0.416 e. The molecule has 0 aliphatic rings. The zero-order valence-electron chi connectivity index (χ0n) is 10.7. The zero-order valence-corrected chi connectivity index (χ0v) is 12.3. The van der Waals surface area contributed by atoms with Gasteiger partial charge in [0.25, 0.3) is 0 Å². The molecular weight excluding hydrogens is 331 g/mol. The van der Waals surface area contributed by atoms with Gasteiger partial charge in [0.1, 0.15) is 0 Å². The Morgan fingerprint density at radius 1 is 1.05 bits per heavy atom. The number of anilines is 1. The molecule has 1 atom stereocenters. The molecule has 0 saturated heterocycles. The predicted octanol–water partition coefficient (Wildman–Crippen LogP) is 5.64. The minimum Gasteiger partial charge on any atom is -0.378 e. The van der Waals surface area contributed by atoms with Gasteiger partial charge in [-0.2, -0.15) is 13.2 Å². The normalized spacial score (nSPS) is 13.1. The van der Waals surface area contributed by atoms with Crippen LogP contribution in [-0.4, -0.2) is 0 Å². The van der Waals surface area contributed by atoms with Gasteiger partial charge >= 0.3 is 6.18 Å². The van der Waals surface area contributed by atoms with Crippen molar-refractivity contribution >= 4 is 21.6 Å². The standard InChI is InChI=1S/C15H13BrF3N/c1-10(11-5-3-2-4-6-11)20-14-8-7-12(9-13(14)16)15(17,18)19/h2-10,20H,1H3. The lowest BCUT2D eigenvalue weighted by molar-refractivity contribution is -0.137. The zero-order chi connectivity index (χ0) is 14.8. The second kappa shape index (κ2) is 5.87. The summed E-state index contributed by atoms with van der Waals surface area (Å²) in [6.45, 7) is 1.96. The molecule has 0 amide bonds. The Morgan fingerprint density at radius 3 is 2.25 bits per heavy atom. The van der Waals surface area contributed by atoms with E-state index in [1.807, 2.05) is 37.3 Å². The van der Waals surface area contributed by atoms with E-state index in [0.29, 0.717) is 10.2 Å². The van der Waals surface area contributed by atoms with Crippen molar-refractivity contribution in [2.24, 2.45) is 0 Å². The molecule has 2 rings (SSSR count). The first-order valence-electron chi connectivity index (χ1n) is 6.06. The third-order valence-electron chi connectivity index (χ3n) is 2.97. The van der Waals surface area contributed by atoms with Crippen LogP contribution in [0, 0.1) is 0 Å². The van der Waals surface area contributed by atoms with Crippen molar-refractivity contribution in [2.75, 3.05) is 5.32 Å². The number of halogens is 4. The van der Waals surface area contributed by atoms with E-state index in [2.05, 4.69) is 21.2 Å². The first-order valence-corrected chi connectivity index (χ1v) is 6.85. The van der Waals surface area contributed by atoms with Crippen LogP contribution in [0.15, 0.2) is 53.0 Å². The predicted molar refractivity (Wildman–Crippen MR) is 77.6 cm³/mol. The van der Waals surface area contributed by atoms with Gasteiger partial charge in [0.05, 0.1) is 5.56 Å². The minimum atomic E-state index is -4.33. The molecule has 20 heavy (non-hydrogen) atoms. The first-order chi connectivity index (χ1) is 9.38. The average Bonchev–Trinajstić information content (AvgIpc) is 2.41. The van der Waals surface area contributed by atoms with Gasteiger partial charge in [-0.3, -0.25) is 0 Å². The Kier molecular flexibility index (Phi) is 4.38. The molecule has 0 aromatic heterocycles. The van der Waals surface area contributed by atoms with Crippen molar-refractivity contribution in [3.05, 3.63) is 64.1 Å². The molecule has 0 heterocycles. The molecule has 1 N–H and O–H groups in total. The summed E-state index contributed by atoms with van der Waals surface area (Å²) in [6.07, 6.45) is -4.33. The van der Waals surface area contributed by atoms with E-state index in [1.165, 1.54) is 6.07 Å². The number of hydrogen-bond acceptors (Lipinski definition) is 1. The molecule has 106 valence electrons. The number of benzene rings is 2. The molecule has 2 aromatic rings. The van der Waals surface area contributed by atoms with E-state index in [1.54, 1.807) is 0 Å². The van der Waals surface area contributed by atoms with Gasteiger partial charge < -0.3 is 5.32 Å². The molecule has 2 aromatic carbocycles. The van der Waals surface area contributed by atoms with Crippen molar-refractivity contribution in [1.29, 1.82) is 0 Å². The third-order valence-corrected chi connectivity index (χ3v) is 3.62. The van der Waals surface area contributed by atoms with E-state index in [0.717, 1.165) is 17.7 Å². The van der Waals surface area contributed by atoms with Gasteiger partial charge in [-0.1, -0.05) is 30.3 Å². The Morgan fingerprint density at radius 2 is 1.70 bits per heavy atom. The van der Waals surface area contributed by atoms with Gasteiger partial charge in [0.15, 0.2) is 0 Å². The summed E-state index contributed by atoms with van der Waals surface area (Å²) in [5.41, 5.74) is 1.04. The molecule has 1 unspecified atom stereocenters. The fraction of sp³-hybridized carbons (Fsp3) is 0.200. The van der Waals surface area contributed by atoms with Crippen LogP contribution >= 0.6 is 15.9 Å². The van der Waals surface area contributed by atoms with Crippen LogP contribution < -0.4 is 5.32 Å².